The second-order valence-corrected chi connectivity index (χ2v) is 9.24. The summed E-state index contributed by atoms with van der Waals surface area (Å²) in [6.45, 7) is 5.71. The molecule has 1 saturated heterocycles. The summed E-state index contributed by atoms with van der Waals surface area (Å²) in [4.78, 5) is 7.47. The van der Waals surface area contributed by atoms with E-state index in [0.29, 0.717) is 18.3 Å². The molecule has 0 unspecified atom stereocenters. The standard InChI is InChI=1S/C24H23ClN4OS/c25-21-9-5-4-8-20(21)22-11-10-19(31-22)16-28-12-14-29(15-13-28)17-23-26-27-24(30-23)18-6-2-1-3-7-18/h1-11H,12-17H2. The van der Waals surface area contributed by atoms with Crippen molar-refractivity contribution >= 4 is 22.9 Å². The summed E-state index contributed by atoms with van der Waals surface area (Å²) in [6.07, 6.45) is 0. The van der Waals surface area contributed by atoms with E-state index < -0.39 is 0 Å². The third kappa shape index (κ3) is 4.88. The van der Waals surface area contributed by atoms with Crippen molar-refractivity contribution in [3.05, 3.63) is 82.5 Å². The molecule has 0 aliphatic carbocycles. The van der Waals surface area contributed by atoms with Gasteiger partial charge in [-0.15, -0.1) is 21.5 Å². The highest BCUT2D eigenvalue weighted by Crippen LogP contribution is 2.33. The van der Waals surface area contributed by atoms with Crippen LogP contribution in [-0.4, -0.2) is 46.2 Å². The molecule has 0 atom stereocenters. The van der Waals surface area contributed by atoms with Crippen molar-refractivity contribution in [1.29, 1.82) is 0 Å². The van der Waals surface area contributed by atoms with Gasteiger partial charge >= 0.3 is 0 Å². The Morgan fingerprint density at radius 1 is 0.806 bits per heavy atom. The molecule has 1 fully saturated rings. The van der Waals surface area contributed by atoms with Gasteiger partial charge in [-0.25, -0.2) is 0 Å². The molecule has 3 heterocycles. The minimum atomic E-state index is 0.584. The van der Waals surface area contributed by atoms with Crippen molar-refractivity contribution in [3.8, 4) is 21.9 Å². The van der Waals surface area contributed by atoms with E-state index in [4.69, 9.17) is 16.0 Å². The zero-order chi connectivity index (χ0) is 21.0. The van der Waals surface area contributed by atoms with Crippen molar-refractivity contribution in [2.45, 2.75) is 13.1 Å². The molecule has 2 aromatic carbocycles. The van der Waals surface area contributed by atoms with Crippen LogP contribution < -0.4 is 0 Å². The van der Waals surface area contributed by atoms with E-state index in [1.54, 1.807) is 0 Å². The van der Waals surface area contributed by atoms with Gasteiger partial charge in [0.05, 0.1) is 6.54 Å². The number of aromatic nitrogens is 2. The van der Waals surface area contributed by atoms with Gasteiger partial charge in [-0.05, 0) is 30.3 Å². The van der Waals surface area contributed by atoms with Gasteiger partial charge in [0.2, 0.25) is 11.8 Å². The fourth-order valence-electron chi connectivity index (χ4n) is 3.80. The molecule has 5 nitrogen and oxygen atoms in total. The van der Waals surface area contributed by atoms with E-state index in [0.717, 1.165) is 48.9 Å². The first-order valence-electron chi connectivity index (χ1n) is 10.4. The Labute approximate surface area is 190 Å². The third-order valence-corrected chi connectivity index (χ3v) is 6.92. The van der Waals surface area contributed by atoms with Crippen molar-refractivity contribution < 1.29 is 4.42 Å². The number of hydrogen-bond donors (Lipinski definition) is 0. The van der Waals surface area contributed by atoms with E-state index in [1.807, 2.05) is 59.9 Å². The lowest BCUT2D eigenvalue weighted by molar-refractivity contribution is 0.115. The summed E-state index contributed by atoms with van der Waals surface area (Å²) in [6, 6.07) is 22.3. The number of nitrogens with zero attached hydrogens (tertiary/aromatic N) is 4. The van der Waals surface area contributed by atoms with Crippen LogP contribution in [-0.2, 0) is 13.1 Å². The van der Waals surface area contributed by atoms with E-state index in [-0.39, 0.29) is 0 Å². The van der Waals surface area contributed by atoms with Crippen LogP contribution in [0.15, 0.2) is 71.1 Å². The molecule has 1 aliphatic rings. The second kappa shape index (κ2) is 9.32. The average molecular weight is 451 g/mol. The van der Waals surface area contributed by atoms with Crippen molar-refractivity contribution in [2.75, 3.05) is 26.2 Å². The molecular formula is C24H23ClN4OS. The first-order valence-corrected chi connectivity index (χ1v) is 11.6. The van der Waals surface area contributed by atoms with Crippen molar-refractivity contribution in [1.82, 2.24) is 20.0 Å². The molecule has 158 valence electrons. The largest absolute Gasteiger partial charge is 0.419 e. The van der Waals surface area contributed by atoms with Crippen LogP contribution in [0.2, 0.25) is 5.02 Å². The Morgan fingerprint density at radius 2 is 1.52 bits per heavy atom. The van der Waals surface area contributed by atoms with Gasteiger partial charge in [0.15, 0.2) is 0 Å². The van der Waals surface area contributed by atoms with Crippen LogP contribution in [0.5, 0.6) is 0 Å². The summed E-state index contributed by atoms with van der Waals surface area (Å²) in [5, 5.41) is 9.23. The smallest absolute Gasteiger partial charge is 0.247 e. The van der Waals surface area contributed by atoms with Crippen LogP contribution in [0.1, 0.15) is 10.8 Å². The van der Waals surface area contributed by atoms with Crippen LogP contribution in [0, 0.1) is 0 Å². The molecule has 7 heteroatoms. The molecule has 5 rings (SSSR count). The minimum absolute atomic E-state index is 0.584. The van der Waals surface area contributed by atoms with E-state index in [1.165, 1.54) is 9.75 Å². The Morgan fingerprint density at radius 3 is 2.29 bits per heavy atom. The molecule has 4 aromatic rings. The van der Waals surface area contributed by atoms with Crippen molar-refractivity contribution in [3.63, 3.8) is 0 Å². The lowest BCUT2D eigenvalue weighted by Crippen LogP contribution is -2.45. The molecule has 31 heavy (non-hydrogen) atoms. The maximum absolute atomic E-state index is 6.35. The molecule has 0 spiro atoms. The summed E-state index contributed by atoms with van der Waals surface area (Å²) in [5.41, 5.74) is 2.07. The van der Waals surface area contributed by atoms with E-state index >= 15 is 0 Å². The van der Waals surface area contributed by atoms with Gasteiger partial charge in [0, 0.05) is 58.6 Å². The van der Waals surface area contributed by atoms with Gasteiger partial charge in [-0.1, -0.05) is 48.0 Å². The summed E-state index contributed by atoms with van der Waals surface area (Å²) < 4.78 is 5.86. The van der Waals surface area contributed by atoms with Gasteiger partial charge in [-0.3, -0.25) is 9.80 Å². The monoisotopic (exact) mass is 450 g/mol. The zero-order valence-corrected chi connectivity index (χ0v) is 18.6. The molecule has 1 aliphatic heterocycles. The van der Waals surface area contributed by atoms with Gasteiger partial charge in [-0.2, -0.15) is 0 Å². The quantitative estimate of drug-likeness (QED) is 0.391. The molecule has 0 saturated carbocycles. The Bertz CT molecular complexity index is 1140. The lowest BCUT2D eigenvalue weighted by atomic mass is 10.2. The molecule has 0 N–H and O–H groups in total. The predicted molar refractivity (Wildman–Crippen MR) is 125 cm³/mol. The van der Waals surface area contributed by atoms with Crippen LogP contribution in [0.25, 0.3) is 21.9 Å². The lowest BCUT2D eigenvalue weighted by Gasteiger charge is -2.33. The number of benzene rings is 2. The fourth-order valence-corrected chi connectivity index (χ4v) is 5.18. The molecular weight excluding hydrogens is 428 g/mol. The number of piperazine rings is 1. The normalized spacial score (nSPS) is 15.4. The van der Waals surface area contributed by atoms with Crippen LogP contribution in [0.4, 0.5) is 0 Å². The minimum Gasteiger partial charge on any atom is -0.419 e. The topological polar surface area (TPSA) is 45.4 Å². The number of hydrogen-bond acceptors (Lipinski definition) is 6. The number of halogens is 1. The number of rotatable bonds is 6. The van der Waals surface area contributed by atoms with Crippen LogP contribution >= 0.6 is 22.9 Å². The van der Waals surface area contributed by atoms with Gasteiger partial charge < -0.3 is 4.42 Å². The highest BCUT2D eigenvalue weighted by molar-refractivity contribution is 7.15. The predicted octanol–water partition coefficient (Wildman–Crippen LogP) is 5.44. The Kier molecular flexibility index (Phi) is 6.13. The van der Waals surface area contributed by atoms with Crippen LogP contribution in [0.3, 0.4) is 0 Å². The Hall–Kier alpha value is -2.51. The van der Waals surface area contributed by atoms with Gasteiger partial charge in [0.1, 0.15) is 0 Å². The SMILES string of the molecule is Clc1ccccc1-c1ccc(CN2CCN(Cc3nnc(-c4ccccc4)o3)CC2)s1. The molecule has 0 amide bonds. The third-order valence-electron chi connectivity index (χ3n) is 5.49. The average Bonchev–Trinajstić information content (AvgIpc) is 3.46. The number of thiophene rings is 1. The summed E-state index contributed by atoms with van der Waals surface area (Å²) in [5.74, 6) is 1.26. The van der Waals surface area contributed by atoms with Gasteiger partial charge in [0.25, 0.3) is 0 Å². The fraction of sp³-hybridized carbons (Fsp3) is 0.250. The maximum atomic E-state index is 6.35. The highest BCUT2D eigenvalue weighted by atomic mass is 35.5. The summed E-state index contributed by atoms with van der Waals surface area (Å²) >= 11 is 8.18. The second-order valence-electron chi connectivity index (χ2n) is 7.67. The van der Waals surface area contributed by atoms with E-state index in [9.17, 15) is 0 Å². The first kappa shape index (κ1) is 20.4. The Balaban J connectivity index is 1.14. The molecule has 0 radical (unpaired) electrons. The zero-order valence-electron chi connectivity index (χ0n) is 17.1. The molecule has 2 aromatic heterocycles. The molecule has 0 bridgehead atoms. The van der Waals surface area contributed by atoms with Crippen molar-refractivity contribution in [2.24, 2.45) is 0 Å². The highest BCUT2D eigenvalue weighted by Gasteiger charge is 2.20. The first-order chi connectivity index (χ1) is 15.2. The summed E-state index contributed by atoms with van der Waals surface area (Å²) in [7, 11) is 0. The van der Waals surface area contributed by atoms with E-state index in [2.05, 4.69) is 38.2 Å². The maximum Gasteiger partial charge on any atom is 0.247 e.